The minimum Gasteiger partial charge on any atom is -0.491 e. The van der Waals surface area contributed by atoms with Crippen LogP contribution in [-0.2, 0) is 20.9 Å². The number of hydrogen-bond donors (Lipinski definition) is 5. The maximum Gasteiger partial charge on any atom is 0.234 e. The highest BCUT2D eigenvalue weighted by Crippen LogP contribution is 2.40. The number of benzene rings is 3. The smallest absolute Gasteiger partial charge is 0.234 e. The molecule has 2 aliphatic rings. The highest BCUT2D eigenvalue weighted by molar-refractivity contribution is 7.15. The number of H-pyrrole nitrogens is 2. The van der Waals surface area contributed by atoms with Crippen molar-refractivity contribution < 1.29 is 19.1 Å². The molecule has 1 atom stereocenters. The molecule has 2 amide bonds. The van der Waals surface area contributed by atoms with Crippen LogP contribution in [0.15, 0.2) is 77.8 Å². The van der Waals surface area contributed by atoms with Crippen molar-refractivity contribution in [3.05, 3.63) is 123 Å². The normalized spacial score (nSPS) is 17.3. The first-order chi connectivity index (χ1) is 30.7. The van der Waals surface area contributed by atoms with Crippen molar-refractivity contribution in [3.8, 4) is 10.8 Å². The molecule has 16 heteroatoms. The molecular formula is C47H51ClN10O4S. The molecule has 14 nitrogen and oxygen atoms in total. The Morgan fingerprint density at radius 3 is 2.56 bits per heavy atom. The lowest BCUT2D eigenvalue weighted by Crippen LogP contribution is -2.41. The summed E-state index contributed by atoms with van der Waals surface area (Å²) in [6.07, 6.45) is 3.83. The molecule has 326 valence electrons. The van der Waals surface area contributed by atoms with Crippen molar-refractivity contribution in [1.82, 2.24) is 45.7 Å². The first-order valence-corrected chi connectivity index (χ1v) is 22.8. The predicted octanol–water partition coefficient (Wildman–Crippen LogP) is 7.69. The maximum atomic E-state index is 13.3. The van der Waals surface area contributed by atoms with Gasteiger partial charge in [-0.1, -0.05) is 41.9 Å². The minimum atomic E-state index is -0.542. The van der Waals surface area contributed by atoms with Gasteiger partial charge in [0.05, 0.1) is 42.9 Å². The number of amides is 2. The number of para-hydroxylation sites is 1. The fraction of sp³-hybridized carbons (Fsp3) is 0.362. The lowest BCUT2D eigenvalue weighted by Gasteiger charge is -2.28. The second-order valence-electron chi connectivity index (χ2n) is 16.3. The van der Waals surface area contributed by atoms with Gasteiger partial charge in [-0.15, -0.1) is 21.5 Å². The average Bonchev–Trinajstić information content (AvgIpc) is 4.05. The van der Waals surface area contributed by atoms with Crippen LogP contribution in [0.25, 0.3) is 26.9 Å². The van der Waals surface area contributed by atoms with Gasteiger partial charge in [0.1, 0.15) is 35.0 Å². The second kappa shape index (κ2) is 18.9. The summed E-state index contributed by atoms with van der Waals surface area (Å²) in [5, 5.41) is 21.2. The van der Waals surface area contributed by atoms with Crippen LogP contribution in [0.3, 0.4) is 0 Å². The molecule has 0 radical (unpaired) electrons. The van der Waals surface area contributed by atoms with Gasteiger partial charge in [0.15, 0.2) is 5.82 Å². The van der Waals surface area contributed by atoms with Crippen molar-refractivity contribution >= 4 is 62.4 Å². The third-order valence-corrected chi connectivity index (χ3v) is 13.4. The number of carbonyl (C=O) groups excluding carboxylic acids is 2. The standard InChI is InChI=1S/C47H51ClN10O4S/c1-27-28(2)63-47-43(27)44(30-8-12-33(48)13-9-30)53-40(46-57-56-29(3)58(46)47)24-41(59)50-18-19-61-20-21-62-36-16-17-38-39(23-36)55-45(54-38)31-10-14-34(15-11-31)52-42(60)26-49-25-35-22-32-6-4-5-7-37(32)51-35/h4-9,12-13,16-17,22-23,31,34,40,49,51H,10-11,14-15,18-21,24-26H2,1-3H3,(H,50,59)(H,52,60)(H,54,55)/t31?,34?,40-/m0/s1. The molecule has 0 saturated heterocycles. The van der Waals surface area contributed by atoms with Gasteiger partial charge in [-0.05, 0) is 93.8 Å². The van der Waals surface area contributed by atoms with Crippen LogP contribution in [0.1, 0.15) is 88.8 Å². The lowest BCUT2D eigenvalue weighted by molar-refractivity contribution is -0.122. The van der Waals surface area contributed by atoms with Crippen molar-refractivity contribution in [2.24, 2.45) is 4.99 Å². The summed E-state index contributed by atoms with van der Waals surface area (Å²) in [6.45, 7) is 8.43. The third kappa shape index (κ3) is 9.56. The summed E-state index contributed by atoms with van der Waals surface area (Å²) < 4.78 is 13.9. The number of hydrogen-bond acceptors (Lipinski definition) is 10. The van der Waals surface area contributed by atoms with Crippen LogP contribution in [0.2, 0.25) is 5.02 Å². The van der Waals surface area contributed by atoms with E-state index in [4.69, 9.17) is 31.1 Å². The Morgan fingerprint density at radius 2 is 1.73 bits per heavy atom. The minimum absolute atomic E-state index is 0.0229. The molecule has 0 unspecified atom stereocenters. The molecule has 9 rings (SSSR count). The van der Waals surface area contributed by atoms with E-state index in [1.165, 1.54) is 10.3 Å². The summed E-state index contributed by atoms with van der Waals surface area (Å²) in [4.78, 5) is 44.2. The zero-order chi connectivity index (χ0) is 43.5. The van der Waals surface area contributed by atoms with Gasteiger partial charge < -0.3 is 35.4 Å². The number of thiophene rings is 1. The highest BCUT2D eigenvalue weighted by atomic mass is 35.5. The van der Waals surface area contributed by atoms with Crippen LogP contribution in [0, 0.1) is 20.8 Å². The number of halogens is 1. The van der Waals surface area contributed by atoms with Gasteiger partial charge in [0.2, 0.25) is 11.8 Å². The molecule has 0 bridgehead atoms. The Balaban J connectivity index is 0.701. The summed E-state index contributed by atoms with van der Waals surface area (Å²) in [5.74, 6) is 3.26. The molecule has 4 aromatic heterocycles. The largest absolute Gasteiger partial charge is 0.491 e. The molecule has 7 aromatic rings. The average molecular weight is 888 g/mol. The van der Waals surface area contributed by atoms with E-state index in [1.807, 2.05) is 66.1 Å². The molecule has 1 fully saturated rings. The number of nitrogens with zero attached hydrogens (tertiary/aromatic N) is 5. The zero-order valence-electron chi connectivity index (χ0n) is 35.6. The monoisotopic (exact) mass is 886 g/mol. The number of imidazole rings is 1. The molecule has 3 aromatic carbocycles. The molecule has 1 aliphatic carbocycles. The molecule has 63 heavy (non-hydrogen) atoms. The fourth-order valence-electron chi connectivity index (χ4n) is 8.58. The number of nitrogens with one attached hydrogen (secondary N) is 5. The van der Waals surface area contributed by atoms with Crippen LogP contribution >= 0.6 is 22.9 Å². The van der Waals surface area contributed by atoms with Crippen LogP contribution < -0.4 is 20.7 Å². The van der Waals surface area contributed by atoms with E-state index in [1.54, 1.807) is 11.3 Å². The topological polar surface area (TPSA) is 176 Å². The number of rotatable bonds is 16. The Hall–Kier alpha value is -5.87. The van der Waals surface area contributed by atoms with Crippen LogP contribution in [-0.4, -0.2) is 86.2 Å². The summed E-state index contributed by atoms with van der Waals surface area (Å²) in [7, 11) is 0. The number of fused-ring (bicyclic) bond motifs is 5. The van der Waals surface area contributed by atoms with E-state index in [2.05, 4.69) is 68.2 Å². The van der Waals surface area contributed by atoms with E-state index in [0.717, 1.165) is 92.7 Å². The summed E-state index contributed by atoms with van der Waals surface area (Å²) >= 11 is 7.92. The van der Waals surface area contributed by atoms with Gasteiger partial charge >= 0.3 is 0 Å². The molecule has 5 heterocycles. The maximum absolute atomic E-state index is 13.3. The van der Waals surface area contributed by atoms with Crippen molar-refractivity contribution in [2.75, 3.05) is 32.9 Å². The number of aromatic nitrogens is 6. The van der Waals surface area contributed by atoms with Gasteiger partial charge in [-0.2, -0.15) is 0 Å². The fourth-order valence-corrected chi connectivity index (χ4v) is 9.92. The van der Waals surface area contributed by atoms with E-state index < -0.39 is 6.04 Å². The molecule has 0 spiro atoms. The number of carbonyl (C=O) groups is 2. The van der Waals surface area contributed by atoms with E-state index >= 15 is 0 Å². The zero-order valence-corrected chi connectivity index (χ0v) is 37.2. The van der Waals surface area contributed by atoms with Gasteiger partial charge in [0.25, 0.3) is 0 Å². The highest BCUT2D eigenvalue weighted by Gasteiger charge is 2.32. The van der Waals surface area contributed by atoms with Crippen molar-refractivity contribution in [3.63, 3.8) is 0 Å². The number of aryl methyl sites for hydroxylation is 2. The van der Waals surface area contributed by atoms with Crippen molar-refractivity contribution in [1.29, 1.82) is 0 Å². The number of ether oxygens (including phenoxy) is 2. The summed E-state index contributed by atoms with van der Waals surface area (Å²) in [5.41, 5.74) is 7.88. The van der Waals surface area contributed by atoms with Gasteiger partial charge in [-0.25, -0.2) is 4.98 Å². The third-order valence-electron chi connectivity index (χ3n) is 11.9. The van der Waals surface area contributed by atoms with Crippen LogP contribution in [0.5, 0.6) is 5.75 Å². The Bertz CT molecular complexity index is 2750. The Labute approximate surface area is 374 Å². The Morgan fingerprint density at radius 1 is 0.905 bits per heavy atom. The SMILES string of the molecule is Cc1sc2c(c1C)C(c1ccc(Cl)cc1)=N[C@@H](CC(=O)NCCOCCOc1ccc3nc(C4CCC(NC(=O)CNCc5cc6ccccc6[nH]5)CC4)[nH]c3c1)c1nnc(C)n1-2. The molecule has 1 saturated carbocycles. The quantitative estimate of drug-likeness (QED) is 0.0614. The Kier molecular flexibility index (Phi) is 12.7. The number of aliphatic imine (C=N–C) groups is 1. The molecule has 1 aliphatic heterocycles. The first-order valence-electron chi connectivity index (χ1n) is 21.6. The van der Waals surface area contributed by atoms with Crippen LogP contribution in [0.4, 0.5) is 0 Å². The van der Waals surface area contributed by atoms with Gasteiger partial charge in [-0.3, -0.25) is 19.1 Å². The predicted molar refractivity (Wildman–Crippen MR) is 246 cm³/mol. The molecular weight excluding hydrogens is 836 g/mol. The number of aromatic amines is 2. The first kappa shape index (κ1) is 42.4. The second-order valence-corrected chi connectivity index (χ2v) is 18.0. The lowest BCUT2D eigenvalue weighted by atomic mass is 9.85. The van der Waals surface area contributed by atoms with E-state index in [0.29, 0.717) is 49.7 Å². The van der Waals surface area contributed by atoms with Crippen molar-refractivity contribution in [2.45, 2.75) is 77.4 Å². The van der Waals surface area contributed by atoms with E-state index in [9.17, 15) is 9.59 Å². The van der Waals surface area contributed by atoms with Gasteiger partial charge in [0, 0.05) is 63.4 Å². The summed E-state index contributed by atoms with van der Waals surface area (Å²) in [6, 6.07) is 23.4. The molecule has 5 N–H and O–H groups in total. The van der Waals surface area contributed by atoms with E-state index in [-0.39, 0.29) is 30.8 Å².